The van der Waals surface area contributed by atoms with Crippen molar-refractivity contribution in [3.63, 3.8) is 0 Å². The van der Waals surface area contributed by atoms with Gasteiger partial charge < -0.3 is 97.7 Å². The Bertz CT molecular complexity index is 4980. The van der Waals surface area contributed by atoms with Crippen LogP contribution in [0.2, 0.25) is 0 Å². The second-order valence-electron chi connectivity index (χ2n) is 43.1. The molecule has 24 nitrogen and oxygen atoms in total. The topological polar surface area (TPSA) is 341 Å². The number of benzene rings is 8. The van der Waals surface area contributed by atoms with Crippen LogP contribution in [0, 0.1) is 92.7 Å². The number of carbonyl (C=O) groups excluding carboxylic acids is 4. The van der Waals surface area contributed by atoms with Gasteiger partial charge in [-0.2, -0.15) is 0 Å². The first-order valence-corrected chi connectivity index (χ1v) is 51.6. The predicted molar refractivity (Wildman–Crippen MR) is 511 cm³/mol. The SMILES string of the molecule is O=C(COc1ccc(C2c3cc(c(O)cc3O)C(c3ccc(OCC(=O)OCOCC45CC6CC(CC(C6)C4)C5)c(Br)c3)c3cc(c(O)cc3O)C(c3ccc(OCC(=O)OCOCC45CC6CC(CC(C6)C4)C5)c(Br)c3)c3cc(c(O)cc3O)C(c3ccc(OCC(=O)OCOCC45CC6CC(CC(C6)C4)C5)c(Br)c3)c3cc2c(O)cc3O)cc1Br)OCOCC12CC3CC(CC(C3)C1)C2. The third kappa shape index (κ3) is 19.4. The van der Waals surface area contributed by atoms with Crippen molar-refractivity contribution in [3.05, 3.63) is 206 Å². The minimum atomic E-state index is -1.34. The van der Waals surface area contributed by atoms with Gasteiger partial charge in [-0.1, -0.05) is 24.3 Å². The van der Waals surface area contributed by atoms with E-state index < -0.39 is 120 Å². The fourth-order valence-electron chi connectivity index (χ4n) is 29.7. The minimum Gasteiger partial charge on any atom is -0.507 e. The molecule has 16 saturated carbocycles. The largest absolute Gasteiger partial charge is 0.507 e. The number of esters is 4. The number of phenolic OH excluding ortho intramolecular Hbond substituents is 8. The van der Waals surface area contributed by atoms with Gasteiger partial charge in [0.1, 0.15) is 69.0 Å². The van der Waals surface area contributed by atoms with Crippen LogP contribution in [-0.2, 0) is 57.1 Å². The molecule has 25 rings (SSSR count). The van der Waals surface area contributed by atoms with Gasteiger partial charge in [-0.3, -0.25) is 0 Å². The van der Waals surface area contributed by atoms with E-state index in [1.165, 1.54) is 101 Å². The van der Waals surface area contributed by atoms with Crippen LogP contribution in [0.3, 0.4) is 0 Å². The predicted octanol–water partition coefficient (Wildman–Crippen LogP) is 21.9. The zero-order valence-electron chi connectivity index (χ0n) is 75.9. The summed E-state index contributed by atoms with van der Waals surface area (Å²) in [6, 6.07) is 30.2. The van der Waals surface area contributed by atoms with E-state index >= 15 is 0 Å². The molecule has 0 saturated heterocycles. The summed E-state index contributed by atoms with van der Waals surface area (Å²) in [5.41, 5.74) is 1.93. The van der Waals surface area contributed by atoms with Gasteiger partial charge in [-0.05, 0) is 406 Å². The van der Waals surface area contributed by atoms with Crippen molar-refractivity contribution in [3.8, 4) is 69.0 Å². The third-order valence-corrected chi connectivity index (χ3v) is 35.7. The number of hydrogen-bond donors (Lipinski definition) is 8. The normalized spacial score (nSPS) is 30.1. The molecule has 0 unspecified atom stereocenters. The van der Waals surface area contributed by atoms with Gasteiger partial charge in [-0.15, -0.1) is 0 Å². The number of ether oxygens (including phenoxy) is 12. The van der Waals surface area contributed by atoms with Gasteiger partial charge >= 0.3 is 23.9 Å². The summed E-state index contributed by atoms with van der Waals surface area (Å²) < 4.78 is 72.7. The summed E-state index contributed by atoms with van der Waals surface area (Å²) >= 11 is 14.9. The Morgan fingerprint density at radius 1 is 0.243 bits per heavy atom. The maximum Gasteiger partial charge on any atom is 0.346 e. The van der Waals surface area contributed by atoms with Crippen molar-refractivity contribution >= 4 is 87.6 Å². The van der Waals surface area contributed by atoms with E-state index in [9.17, 15) is 60.0 Å². The van der Waals surface area contributed by atoms with Crippen LogP contribution < -0.4 is 18.9 Å². The van der Waals surface area contributed by atoms with E-state index in [4.69, 9.17) is 56.8 Å². The summed E-state index contributed by atoms with van der Waals surface area (Å²) in [6.45, 7) is -0.953. The Labute approximate surface area is 823 Å². The van der Waals surface area contributed by atoms with Crippen LogP contribution in [0.5, 0.6) is 69.0 Å². The highest BCUT2D eigenvalue weighted by Crippen LogP contribution is 2.66. The Morgan fingerprint density at radius 3 is 0.559 bits per heavy atom. The average molecular weight is 2120 g/mol. The summed E-state index contributed by atoms with van der Waals surface area (Å²) in [5, 5.41) is 103. The number of hydrogen-bond acceptors (Lipinski definition) is 24. The smallest absolute Gasteiger partial charge is 0.346 e. The second-order valence-corrected chi connectivity index (χ2v) is 46.5. The Kier molecular flexibility index (Phi) is 26.2. The molecule has 0 radical (unpaired) electrons. The molecular formula is C108H116Br4O24. The van der Waals surface area contributed by atoms with Crippen molar-refractivity contribution < 1.29 is 117 Å². The molecule has 17 aliphatic carbocycles. The van der Waals surface area contributed by atoms with E-state index in [0.717, 1.165) is 172 Å². The summed E-state index contributed by atoms with van der Waals surface area (Å²) in [7, 11) is 0. The van der Waals surface area contributed by atoms with E-state index in [1.807, 2.05) is 0 Å². The standard InChI is InChI=1S/C108H116Br4O24/c109-81-21-69(1-5-93(81)129-45-97(121)133-53-125-49-105-33-57-9-58(34-105)11-59(10-57)35-105)101-73-25-75(87(115)29-85(73)113)102(70-2-6-94(82(110)22-70)130-46-98(122)134-54-126-50-106-36-60-12-61(37-106)14-62(13-60)38-106)77-27-79(91(119)31-89(77)117)104(72-4-8-96(84(112)24-72)132-48-100(124)136-56-128-52-108-42-66-18-67(43-108)20-68(19-66)44-108)80-28-78(90(118)32-92(80)120)103(76-26-74(101)86(114)30-88(76)116)71-3-7-95(83(111)23-71)131-47-99(123)135-55-127-51-107-39-63-15-64(40-107)17-65(16-63)41-107/h1-8,21-32,57-68,101-104,113-120H,9-20,33-56H2. The van der Waals surface area contributed by atoms with E-state index in [2.05, 4.69) is 63.7 Å². The highest BCUT2D eigenvalue weighted by Gasteiger charge is 2.56. The van der Waals surface area contributed by atoms with Crippen molar-refractivity contribution in [2.45, 2.75) is 178 Å². The Morgan fingerprint density at radius 2 is 0.404 bits per heavy atom. The van der Waals surface area contributed by atoms with Gasteiger partial charge in [0.15, 0.2) is 53.6 Å². The van der Waals surface area contributed by atoms with Crippen LogP contribution in [0.1, 0.15) is 245 Å². The maximum atomic E-state index is 13.6. The van der Waals surface area contributed by atoms with E-state index in [1.54, 1.807) is 72.8 Å². The number of fused-ring (bicyclic) bond motifs is 8. The Hall–Kier alpha value is -9.00. The molecule has 0 aromatic heterocycles. The molecule has 8 aromatic rings. The lowest BCUT2D eigenvalue weighted by Crippen LogP contribution is -2.48. The van der Waals surface area contributed by atoms with Gasteiger partial charge in [0.25, 0.3) is 0 Å². The summed E-state index contributed by atoms with van der Waals surface area (Å²) in [5.74, 6) is -2.73. The van der Waals surface area contributed by atoms with Gasteiger partial charge in [0.05, 0.1) is 44.3 Å². The minimum absolute atomic E-state index is 0.0230. The highest BCUT2D eigenvalue weighted by molar-refractivity contribution is 9.11. The molecule has 24 bridgehead atoms. The molecule has 720 valence electrons. The fourth-order valence-corrected chi connectivity index (χ4v) is 31.7. The highest BCUT2D eigenvalue weighted by atomic mass is 79.9. The van der Waals surface area contributed by atoms with Gasteiger partial charge in [0, 0.05) is 92.4 Å². The molecule has 0 aliphatic heterocycles. The molecular weight excluding hydrogens is 2000 g/mol. The second kappa shape index (κ2) is 38.2. The van der Waals surface area contributed by atoms with Crippen molar-refractivity contribution in [1.82, 2.24) is 0 Å². The summed E-state index contributed by atoms with van der Waals surface area (Å²) in [6.07, 6.45) is 28.9. The molecule has 0 amide bonds. The van der Waals surface area contributed by atoms with Crippen molar-refractivity contribution in [1.29, 1.82) is 0 Å². The van der Waals surface area contributed by atoms with Crippen LogP contribution in [0.25, 0.3) is 0 Å². The van der Waals surface area contributed by atoms with Crippen LogP contribution >= 0.6 is 63.7 Å². The molecule has 136 heavy (non-hydrogen) atoms. The first kappa shape index (κ1) is 93.3. The quantitative estimate of drug-likeness (QED) is 0.00840. The van der Waals surface area contributed by atoms with E-state index in [-0.39, 0.29) is 116 Å². The number of halogens is 4. The number of aromatic hydroxyl groups is 8. The molecule has 16 fully saturated rings. The van der Waals surface area contributed by atoms with Crippen LogP contribution in [0.4, 0.5) is 0 Å². The molecule has 0 atom stereocenters. The zero-order valence-corrected chi connectivity index (χ0v) is 82.2. The number of phenols is 8. The Balaban J connectivity index is 0.634. The molecule has 8 aromatic carbocycles. The van der Waals surface area contributed by atoms with Crippen molar-refractivity contribution in [2.24, 2.45) is 92.7 Å². The third-order valence-electron chi connectivity index (χ3n) is 33.2. The van der Waals surface area contributed by atoms with E-state index in [0.29, 0.717) is 66.6 Å². The molecule has 0 heterocycles. The van der Waals surface area contributed by atoms with Gasteiger partial charge in [-0.25, -0.2) is 19.2 Å². The van der Waals surface area contributed by atoms with Gasteiger partial charge in [0.2, 0.25) is 0 Å². The molecule has 8 N–H and O–H groups in total. The molecule has 28 heteroatoms. The summed E-state index contributed by atoms with van der Waals surface area (Å²) in [4.78, 5) is 54.2. The first-order chi connectivity index (χ1) is 65.6. The number of rotatable bonds is 32. The molecule has 17 aliphatic rings. The number of carbonyl (C=O) groups is 4. The van der Waals surface area contributed by atoms with Crippen LogP contribution in [-0.4, -0.2) is 145 Å². The maximum absolute atomic E-state index is 13.6. The molecule has 0 spiro atoms. The first-order valence-electron chi connectivity index (χ1n) is 48.4. The zero-order chi connectivity index (χ0) is 93.8. The lowest BCUT2D eigenvalue weighted by atomic mass is 9.50. The fraction of sp³-hybridized carbons (Fsp3) is 0.519. The monoisotopic (exact) mass is 2110 g/mol. The van der Waals surface area contributed by atoms with Crippen molar-refractivity contribution in [2.75, 3.05) is 80.0 Å². The lowest BCUT2D eigenvalue weighted by Gasteiger charge is -2.56. The average Bonchev–Trinajstić information content (AvgIpc) is 0.616. The van der Waals surface area contributed by atoms with Crippen LogP contribution in [0.15, 0.2) is 139 Å². The lowest BCUT2D eigenvalue weighted by molar-refractivity contribution is -0.168.